The van der Waals surface area contributed by atoms with Gasteiger partial charge in [-0.05, 0) is 12.1 Å². The van der Waals surface area contributed by atoms with Crippen molar-refractivity contribution < 1.29 is 22.4 Å². The average Bonchev–Trinajstić information content (AvgIpc) is 2.34. The summed E-state index contributed by atoms with van der Waals surface area (Å²) in [6.45, 7) is 0.00697. The summed E-state index contributed by atoms with van der Waals surface area (Å²) in [6, 6.07) is 7.33. The van der Waals surface area contributed by atoms with Gasteiger partial charge in [0.15, 0.2) is 12.3 Å². The van der Waals surface area contributed by atoms with Gasteiger partial charge >= 0.3 is 0 Å². The number of fused-ring (bicyclic) bond motifs is 1. The lowest BCUT2D eigenvalue weighted by Gasteiger charge is -2.05. The minimum atomic E-state index is -4.25. The molecule has 96 valence electrons. The van der Waals surface area contributed by atoms with Gasteiger partial charge in [0.25, 0.3) is 0 Å². The Balaban J connectivity index is 2.41. The van der Waals surface area contributed by atoms with Gasteiger partial charge in [0.1, 0.15) is 15.6 Å². The fourth-order valence-corrected chi connectivity index (χ4v) is 2.03. The lowest BCUT2D eigenvalue weighted by molar-refractivity contribution is -0.748. The Bertz CT molecular complexity index is 670. The molecule has 1 aromatic heterocycles. The molecule has 0 unspecified atom stereocenters. The average molecular weight is 268 g/mol. The van der Waals surface area contributed by atoms with Gasteiger partial charge in [0.2, 0.25) is 6.20 Å². The van der Waals surface area contributed by atoms with Crippen LogP contribution in [0.4, 0.5) is 0 Å². The molecule has 2 rings (SSSR count). The van der Waals surface area contributed by atoms with E-state index in [9.17, 15) is 13.0 Å². The van der Waals surface area contributed by atoms with Crippen molar-refractivity contribution >= 4 is 21.0 Å². The highest BCUT2D eigenvalue weighted by Crippen LogP contribution is 2.20. The van der Waals surface area contributed by atoms with Crippen LogP contribution in [0.3, 0.4) is 0 Å². The van der Waals surface area contributed by atoms with Gasteiger partial charge in [0.05, 0.1) is 18.2 Å². The fraction of sp³-hybridized carbons (Fsp3) is 0.273. The summed E-state index contributed by atoms with van der Waals surface area (Å²) >= 11 is 0. The molecule has 1 aromatic carbocycles. The van der Waals surface area contributed by atoms with Crippen LogP contribution in [0.5, 0.6) is 5.75 Å². The third-order valence-electron chi connectivity index (χ3n) is 2.46. The summed E-state index contributed by atoms with van der Waals surface area (Å²) in [4.78, 5) is 0. The highest BCUT2D eigenvalue weighted by Gasteiger charge is 2.13. The standard InChI is InChI=1S/C11H12N2O4S/c1-17-11-8-13(6-7-18(14,15)16)12-10-5-3-2-4-9(10)11/h2-5,8H,6-7H2,1H3. The molecule has 0 aliphatic rings. The molecule has 6 nitrogen and oxygen atoms in total. The maximum atomic E-state index is 10.6. The van der Waals surface area contributed by atoms with Crippen molar-refractivity contribution in [3.8, 4) is 5.75 Å². The van der Waals surface area contributed by atoms with Crippen LogP contribution < -0.4 is 9.42 Å². The Morgan fingerprint density at radius 3 is 2.78 bits per heavy atom. The van der Waals surface area contributed by atoms with Crippen LogP contribution in [-0.4, -0.2) is 30.9 Å². The van der Waals surface area contributed by atoms with Gasteiger partial charge < -0.3 is 9.29 Å². The van der Waals surface area contributed by atoms with Crippen molar-refractivity contribution in [3.63, 3.8) is 0 Å². The fourth-order valence-electron chi connectivity index (χ4n) is 1.62. The first kappa shape index (κ1) is 12.7. The molecule has 0 radical (unpaired) electrons. The van der Waals surface area contributed by atoms with Crippen molar-refractivity contribution in [1.29, 1.82) is 0 Å². The van der Waals surface area contributed by atoms with Gasteiger partial charge in [-0.15, -0.1) is 0 Å². The quantitative estimate of drug-likeness (QED) is 0.579. The smallest absolute Gasteiger partial charge is 0.238 e. The molecule has 1 heterocycles. The lowest BCUT2D eigenvalue weighted by Crippen LogP contribution is -2.40. The van der Waals surface area contributed by atoms with E-state index in [4.69, 9.17) is 4.74 Å². The first-order valence-electron chi connectivity index (χ1n) is 5.27. The third-order valence-corrected chi connectivity index (χ3v) is 3.14. The van der Waals surface area contributed by atoms with Gasteiger partial charge in [0, 0.05) is 5.10 Å². The SMILES string of the molecule is COc1c[n+](CCS(=O)(=O)[O-])nc2ccccc12. The van der Waals surface area contributed by atoms with Crippen LogP contribution in [0, 0.1) is 0 Å². The van der Waals surface area contributed by atoms with E-state index in [2.05, 4.69) is 5.10 Å². The zero-order chi connectivity index (χ0) is 13.2. The maximum absolute atomic E-state index is 10.6. The van der Waals surface area contributed by atoms with Gasteiger partial charge in [-0.25, -0.2) is 8.42 Å². The van der Waals surface area contributed by atoms with Crippen LogP contribution in [-0.2, 0) is 16.7 Å². The van der Waals surface area contributed by atoms with Crippen molar-refractivity contribution in [2.45, 2.75) is 6.54 Å². The zero-order valence-corrected chi connectivity index (χ0v) is 10.6. The zero-order valence-electron chi connectivity index (χ0n) is 9.74. The molecule has 2 aromatic rings. The van der Waals surface area contributed by atoms with E-state index < -0.39 is 15.9 Å². The summed E-state index contributed by atoms with van der Waals surface area (Å²) in [6.07, 6.45) is 1.58. The number of methoxy groups -OCH3 is 1. The monoisotopic (exact) mass is 268 g/mol. The van der Waals surface area contributed by atoms with Crippen molar-refractivity contribution in [2.24, 2.45) is 0 Å². The molecule has 0 amide bonds. The first-order chi connectivity index (χ1) is 8.49. The van der Waals surface area contributed by atoms with Crippen LogP contribution in [0.25, 0.3) is 10.9 Å². The lowest BCUT2D eigenvalue weighted by atomic mass is 10.2. The third kappa shape index (κ3) is 2.93. The van der Waals surface area contributed by atoms with Crippen molar-refractivity contribution in [2.75, 3.05) is 12.9 Å². The number of rotatable bonds is 4. The molecule has 0 N–H and O–H groups in total. The molecular formula is C11H12N2O4S. The molecule has 18 heavy (non-hydrogen) atoms. The van der Waals surface area contributed by atoms with E-state index in [-0.39, 0.29) is 6.54 Å². The topological polar surface area (TPSA) is 83.2 Å². The number of hydrogen-bond donors (Lipinski definition) is 0. The maximum Gasteiger partial charge on any atom is 0.238 e. The molecular weight excluding hydrogens is 256 g/mol. The number of aryl methyl sites for hydroxylation is 1. The largest absolute Gasteiger partial charge is 0.748 e. The Morgan fingerprint density at radius 1 is 1.39 bits per heavy atom. The Hall–Kier alpha value is -1.73. The van der Waals surface area contributed by atoms with Gasteiger partial charge in [-0.2, -0.15) is 0 Å². The molecule has 0 saturated heterocycles. The number of ether oxygens (including phenoxy) is 1. The first-order valence-corrected chi connectivity index (χ1v) is 6.84. The Labute approximate surface area is 105 Å². The summed E-state index contributed by atoms with van der Waals surface area (Å²) < 4.78 is 38.4. The summed E-state index contributed by atoms with van der Waals surface area (Å²) in [5.41, 5.74) is 0.681. The van der Waals surface area contributed by atoms with Crippen LogP contribution in [0.1, 0.15) is 0 Å². The summed E-state index contributed by atoms with van der Waals surface area (Å²) in [5.74, 6) is 0.0931. The highest BCUT2D eigenvalue weighted by atomic mass is 32.2. The van der Waals surface area contributed by atoms with E-state index in [1.807, 2.05) is 18.2 Å². The molecule has 0 spiro atoms. The predicted molar refractivity (Wildman–Crippen MR) is 63.1 cm³/mol. The van der Waals surface area contributed by atoms with E-state index in [1.165, 1.54) is 11.8 Å². The summed E-state index contributed by atoms with van der Waals surface area (Å²) in [7, 11) is -2.72. The number of hydrogen-bond acceptors (Lipinski definition) is 5. The van der Waals surface area contributed by atoms with Crippen LogP contribution in [0.2, 0.25) is 0 Å². The predicted octanol–water partition coefficient (Wildman–Crippen LogP) is 0.0761. The van der Waals surface area contributed by atoms with E-state index >= 15 is 0 Å². The van der Waals surface area contributed by atoms with E-state index in [1.54, 1.807) is 12.3 Å². The van der Waals surface area contributed by atoms with Crippen LogP contribution >= 0.6 is 0 Å². The number of nitrogens with zero attached hydrogens (tertiary/aromatic N) is 2. The molecule has 7 heteroatoms. The minimum Gasteiger partial charge on any atom is -0.748 e. The van der Waals surface area contributed by atoms with Gasteiger partial charge in [-0.1, -0.05) is 16.8 Å². The van der Waals surface area contributed by atoms with Crippen molar-refractivity contribution in [3.05, 3.63) is 30.5 Å². The van der Waals surface area contributed by atoms with Gasteiger partial charge in [-0.3, -0.25) is 0 Å². The summed E-state index contributed by atoms with van der Waals surface area (Å²) in [5, 5.41) is 5.05. The number of benzene rings is 1. The Kier molecular flexibility index (Phi) is 3.44. The van der Waals surface area contributed by atoms with Crippen molar-refractivity contribution in [1.82, 2.24) is 5.10 Å². The molecule has 0 fully saturated rings. The molecule has 0 bridgehead atoms. The minimum absolute atomic E-state index is 0.00697. The molecule has 0 atom stereocenters. The second kappa shape index (κ2) is 4.87. The Morgan fingerprint density at radius 2 is 2.11 bits per heavy atom. The molecule has 0 aliphatic carbocycles. The second-order valence-electron chi connectivity index (χ2n) is 3.74. The molecule has 0 aliphatic heterocycles. The van der Waals surface area contributed by atoms with E-state index in [0.717, 1.165) is 5.39 Å². The molecule has 0 saturated carbocycles. The number of aromatic nitrogens is 2. The second-order valence-corrected chi connectivity index (χ2v) is 5.26. The van der Waals surface area contributed by atoms with E-state index in [0.29, 0.717) is 11.3 Å². The highest BCUT2D eigenvalue weighted by molar-refractivity contribution is 7.85. The van der Waals surface area contributed by atoms with Crippen LogP contribution in [0.15, 0.2) is 30.5 Å². The normalized spacial score (nSPS) is 11.7.